The lowest BCUT2D eigenvalue weighted by atomic mass is 9.98. The normalized spacial score (nSPS) is 14.4. The number of rotatable bonds is 4. The first-order valence-electron chi connectivity index (χ1n) is 11.9. The van der Waals surface area contributed by atoms with Crippen molar-refractivity contribution >= 4 is 34.7 Å². The molecule has 0 unspecified atom stereocenters. The summed E-state index contributed by atoms with van der Waals surface area (Å²) in [6.45, 7) is 7.01. The van der Waals surface area contributed by atoms with Gasteiger partial charge < -0.3 is 5.73 Å². The number of thiazole rings is 1. The lowest BCUT2D eigenvalue weighted by Crippen LogP contribution is -2.31. The molecule has 2 N–H and O–H groups in total. The first kappa shape index (κ1) is 25.7. The van der Waals surface area contributed by atoms with Gasteiger partial charge in [-0.15, -0.1) is 11.3 Å². The van der Waals surface area contributed by atoms with Crippen molar-refractivity contribution in [2.24, 2.45) is 0 Å². The number of halogens is 3. The van der Waals surface area contributed by atoms with Crippen LogP contribution in [-0.2, 0) is 11.6 Å². The van der Waals surface area contributed by atoms with E-state index >= 15 is 0 Å². The largest absolute Gasteiger partial charge is 0.416 e. The Balaban J connectivity index is 1.48. The number of nitrogens with zero attached hydrogens (tertiary/aromatic N) is 5. The number of hydrogen-bond acceptors (Lipinski definition) is 6. The number of anilines is 3. The number of hydrogen-bond donors (Lipinski definition) is 1. The van der Waals surface area contributed by atoms with Gasteiger partial charge in [-0.3, -0.25) is 9.80 Å². The van der Waals surface area contributed by atoms with Crippen molar-refractivity contribution in [1.82, 2.24) is 15.0 Å². The van der Waals surface area contributed by atoms with Crippen LogP contribution in [0.1, 0.15) is 31.3 Å². The SMILES string of the molecule is CC(C)(C)c1nc(-c2ccnc(N)n2)c(-c2cccc(N3CCN(c4ccc(C(F)(F)F)cc4)C3=O)c2)s1. The Hall–Kier alpha value is -3.99. The van der Waals surface area contributed by atoms with Crippen LogP contribution < -0.4 is 15.5 Å². The van der Waals surface area contributed by atoms with E-state index < -0.39 is 11.7 Å². The highest BCUT2D eigenvalue weighted by Crippen LogP contribution is 2.41. The Labute approximate surface area is 221 Å². The molecule has 0 atom stereocenters. The van der Waals surface area contributed by atoms with Crippen LogP contribution in [0.3, 0.4) is 0 Å². The molecule has 11 heteroatoms. The van der Waals surface area contributed by atoms with Gasteiger partial charge in [0, 0.05) is 36.1 Å². The van der Waals surface area contributed by atoms with Gasteiger partial charge in [0.15, 0.2) is 0 Å². The highest BCUT2D eigenvalue weighted by atomic mass is 32.1. The molecule has 1 fully saturated rings. The summed E-state index contributed by atoms with van der Waals surface area (Å²) in [5.74, 6) is 0.151. The number of urea groups is 1. The van der Waals surface area contributed by atoms with Gasteiger partial charge in [0.1, 0.15) is 5.69 Å². The molecular formula is C27H25F3N6OS. The standard InChI is InChI=1S/C27H25F3N6OS/c1-26(2,3)23-34-21(20-11-12-32-24(31)33-20)22(38-23)16-5-4-6-19(15-16)36-14-13-35(25(36)37)18-9-7-17(8-10-18)27(28,29)30/h4-12,15H,13-14H2,1-3H3,(H2,31,32,33). The summed E-state index contributed by atoms with van der Waals surface area (Å²) in [6.07, 6.45) is -2.84. The number of nitrogen functional groups attached to an aromatic ring is 1. The Morgan fingerprint density at radius 3 is 2.24 bits per heavy atom. The van der Waals surface area contributed by atoms with E-state index in [1.54, 1.807) is 28.5 Å². The summed E-state index contributed by atoms with van der Waals surface area (Å²) in [5.41, 5.74) is 8.15. The fourth-order valence-electron chi connectivity index (χ4n) is 4.18. The molecule has 4 aromatic rings. The molecule has 38 heavy (non-hydrogen) atoms. The molecule has 0 spiro atoms. The third kappa shape index (κ3) is 4.93. The van der Waals surface area contributed by atoms with E-state index in [1.165, 1.54) is 17.0 Å². The van der Waals surface area contributed by atoms with Crippen molar-refractivity contribution in [3.05, 3.63) is 71.4 Å². The van der Waals surface area contributed by atoms with E-state index in [0.29, 0.717) is 35.9 Å². The molecule has 0 aliphatic carbocycles. The molecule has 3 heterocycles. The zero-order valence-corrected chi connectivity index (χ0v) is 21.8. The number of nitrogens with two attached hydrogens (primary N) is 1. The van der Waals surface area contributed by atoms with Gasteiger partial charge in [0.25, 0.3) is 0 Å². The van der Waals surface area contributed by atoms with Crippen LogP contribution in [0.4, 0.5) is 35.3 Å². The summed E-state index contributed by atoms with van der Waals surface area (Å²) in [7, 11) is 0. The second-order valence-corrected chi connectivity index (χ2v) is 10.9. The maximum absolute atomic E-state index is 13.3. The van der Waals surface area contributed by atoms with Gasteiger partial charge >= 0.3 is 12.2 Å². The minimum absolute atomic E-state index is 0.151. The topological polar surface area (TPSA) is 88.2 Å². The van der Waals surface area contributed by atoms with Gasteiger partial charge in [-0.05, 0) is 48.0 Å². The molecule has 1 aliphatic rings. The smallest absolute Gasteiger partial charge is 0.368 e. The van der Waals surface area contributed by atoms with Gasteiger partial charge in [-0.25, -0.2) is 19.7 Å². The van der Waals surface area contributed by atoms with Crippen LogP contribution >= 0.6 is 11.3 Å². The summed E-state index contributed by atoms with van der Waals surface area (Å²) < 4.78 is 38.9. The number of aromatic nitrogens is 3. The predicted molar refractivity (Wildman–Crippen MR) is 143 cm³/mol. The minimum atomic E-state index is -4.43. The third-order valence-corrected chi connectivity index (χ3v) is 7.65. The van der Waals surface area contributed by atoms with Crippen molar-refractivity contribution < 1.29 is 18.0 Å². The lowest BCUT2D eigenvalue weighted by molar-refractivity contribution is -0.137. The fraction of sp³-hybridized carbons (Fsp3) is 0.259. The van der Waals surface area contributed by atoms with Gasteiger partial charge in [0.2, 0.25) is 5.95 Å². The van der Waals surface area contributed by atoms with Crippen molar-refractivity contribution in [2.75, 3.05) is 28.6 Å². The molecule has 1 saturated heterocycles. The second-order valence-electron chi connectivity index (χ2n) is 9.93. The molecule has 0 radical (unpaired) electrons. The number of alkyl halides is 3. The van der Waals surface area contributed by atoms with Crippen LogP contribution in [0.25, 0.3) is 21.8 Å². The maximum atomic E-state index is 13.3. The molecule has 0 bridgehead atoms. The Kier molecular flexibility index (Phi) is 6.34. The average Bonchev–Trinajstić information content (AvgIpc) is 3.48. The molecule has 1 aliphatic heterocycles. The van der Waals surface area contributed by atoms with E-state index in [9.17, 15) is 18.0 Å². The zero-order valence-electron chi connectivity index (χ0n) is 21.0. The second kappa shape index (κ2) is 9.39. The van der Waals surface area contributed by atoms with E-state index in [1.807, 2.05) is 24.3 Å². The molecule has 7 nitrogen and oxygen atoms in total. The fourth-order valence-corrected chi connectivity index (χ4v) is 5.31. The van der Waals surface area contributed by atoms with E-state index in [-0.39, 0.29) is 17.4 Å². The van der Waals surface area contributed by atoms with Crippen LogP contribution in [-0.4, -0.2) is 34.1 Å². The summed E-state index contributed by atoms with van der Waals surface area (Å²) in [4.78, 5) is 30.5. The zero-order chi connectivity index (χ0) is 27.2. The molecule has 5 rings (SSSR count). The maximum Gasteiger partial charge on any atom is 0.416 e. The molecule has 196 valence electrons. The van der Waals surface area contributed by atoms with Crippen molar-refractivity contribution in [3.63, 3.8) is 0 Å². The first-order valence-corrected chi connectivity index (χ1v) is 12.7. The third-order valence-electron chi connectivity index (χ3n) is 6.12. The number of carbonyl (C=O) groups is 1. The molecule has 2 amide bonds. The lowest BCUT2D eigenvalue weighted by Gasteiger charge is -2.20. The Morgan fingerprint density at radius 1 is 0.921 bits per heavy atom. The minimum Gasteiger partial charge on any atom is -0.368 e. The van der Waals surface area contributed by atoms with Crippen molar-refractivity contribution in [1.29, 1.82) is 0 Å². The van der Waals surface area contributed by atoms with E-state index in [0.717, 1.165) is 27.6 Å². The molecular weight excluding hydrogens is 513 g/mol. The summed E-state index contributed by atoms with van der Waals surface area (Å²) >= 11 is 1.55. The van der Waals surface area contributed by atoms with Crippen LogP contribution in [0.5, 0.6) is 0 Å². The van der Waals surface area contributed by atoms with Crippen molar-refractivity contribution in [3.8, 4) is 21.8 Å². The first-order chi connectivity index (χ1) is 17.9. The number of carbonyl (C=O) groups excluding carboxylic acids is 1. The monoisotopic (exact) mass is 538 g/mol. The average molecular weight is 539 g/mol. The van der Waals surface area contributed by atoms with E-state index in [4.69, 9.17) is 10.7 Å². The number of benzene rings is 2. The molecule has 2 aromatic heterocycles. The predicted octanol–water partition coefficient (Wildman–Crippen LogP) is 6.61. The van der Waals surface area contributed by atoms with Gasteiger partial charge in [-0.2, -0.15) is 13.2 Å². The van der Waals surface area contributed by atoms with Crippen LogP contribution in [0.15, 0.2) is 60.8 Å². The van der Waals surface area contributed by atoms with Crippen LogP contribution in [0, 0.1) is 0 Å². The quantitative estimate of drug-likeness (QED) is 0.316. The highest BCUT2D eigenvalue weighted by molar-refractivity contribution is 7.15. The Bertz CT molecular complexity index is 1490. The van der Waals surface area contributed by atoms with E-state index in [2.05, 4.69) is 30.7 Å². The van der Waals surface area contributed by atoms with Crippen molar-refractivity contribution in [2.45, 2.75) is 32.4 Å². The summed E-state index contributed by atoms with van der Waals surface area (Å²) in [6, 6.07) is 13.7. The number of amides is 2. The van der Waals surface area contributed by atoms with Crippen LogP contribution in [0.2, 0.25) is 0 Å². The molecule has 2 aromatic carbocycles. The highest BCUT2D eigenvalue weighted by Gasteiger charge is 2.33. The van der Waals surface area contributed by atoms with Gasteiger partial charge in [0.05, 0.1) is 21.1 Å². The molecule has 0 saturated carbocycles. The summed E-state index contributed by atoms with van der Waals surface area (Å²) in [5, 5.41) is 0.927. The van der Waals surface area contributed by atoms with Gasteiger partial charge in [-0.1, -0.05) is 32.9 Å². The Morgan fingerprint density at radius 2 is 1.61 bits per heavy atom.